The van der Waals surface area contributed by atoms with Crippen LogP contribution in [-0.4, -0.2) is 19.0 Å². The first-order chi connectivity index (χ1) is 10.7. The zero-order valence-electron chi connectivity index (χ0n) is 11.8. The van der Waals surface area contributed by atoms with E-state index in [9.17, 15) is 4.79 Å². The van der Waals surface area contributed by atoms with Crippen LogP contribution in [0.3, 0.4) is 0 Å². The molecule has 1 fully saturated rings. The first-order valence-corrected chi connectivity index (χ1v) is 8.22. The van der Waals surface area contributed by atoms with Gasteiger partial charge in [-0.3, -0.25) is 4.79 Å². The molecule has 3 rings (SSSR count). The second-order valence-electron chi connectivity index (χ2n) is 5.15. The summed E-state index contributed by atoms with van der Waals surface area (Å²) >= 11 is 7.58. The number of nitrogens with one attached hydrogen (secondary N) is 1. The van der Waals surface area contributed by atoms with Gasteiger partial charge in [0.2, 0.25) is 5.91 Å². The highest BCUT2D eigenvalue weighted by molar-refractivity contribution is 7.14. The molecule has 6 heteroatoms. The van der Waals surface area contributed by atoms with Crippen LogP contribution >= 0.6 is 22.9 Å². The lowest BCUT2D eigenvalue weighted by Gasteiger charge is -2.19. The van der Waals surface area contributed by atoms with E-state index in [1.54, 1.807) is 11.4 Å². The standard InChI is InChI=1S/C16H14ClN3OS/c17-13-3-1-2-4-14(13)20-7-5-12(10-20)15(21)19-16-11(9-18)6-8-22-16/h1-4,6,8,12H,5,7,10H2,(H,19,21). The van der Waals surface area contributed by atoms with E-state index >= 15 is 0 Å². The molecule has 1 aliphatic heterocycles. The molecule has 4 nitrogen and oxygen atoms in total. The van der Waals surface area contributed by atoms with Crippen LogP contribution in [0.25, 0.3) is 0 Å². The van der Waals surface area contributed by atoms with Crippen molar-refractivity contribution in [2.45, 2.75) is 6.42 Å². The second kappa shape index (κ2) is 6.39. The van der Waals surface area contributed by atoms with Crippen LogP contribution in [0.2, 0.25) is 5.02 Å². The molecule has 1 unspecified atom stereocenters. The van der Waals surface area contributed by atoms with Gasteiger partial charge in [0.1, 0.15) is 11.1 Å². The van der Waals surface area contributed by atoms with Gasteiger partial charge in [0.15, 0.2) is 0 Å². The van der Waals surface area contributed by atoms with Gasteiger partial charge >= 0.3 is 0 Å². The van der Waals surface area contributed by atoms with Gasteiger partial charge in [0, 0.05) is 13.1 Å². The minimum absolute atomic E-state index is 0.0338. The fourth-order valence-electron chi connectivity index (χ4n) is 2.61. The summed E-state index contributed by atoms with van der Waals surface area (Å²) < 4.78 is 0. The molecule has 0 radical (unpaired) electrons. The van der Waals surface area contributed by atoms with E-state index in [2.05, 4.69) is 16.3 Å². The maximum absolute atomic E-state index is 12.4. The fourth-order valence-corrected chi connectivity index (χ4v) is 3.60. The van der Waals surface area contributed by atoms with Crippen molar-refractivity contribution in [1.29, 1.82) is 5.26 Å². The van der Waals surface area contributed by atoms with E-state index in [1.165, 1.54) is 11.3 Å². The van der Waals surface area contributed by atoms with Gasteiger partial charge in [-0.2, -0.15) is 5.26 Å². The summed E-state index contributed by atoms with van der Waals surface area (Å²) in [4.78, 5) is 14.5. The Balaban J connectivity index is 1.67. The fraction of sp³-hybridized carbons (Fsp3) is 0.250. The number of carbonyl (C=O) groups excluding carboxylic acids is 1. The highest BCUT2D eigenvalue weighted by Crippen LogP contribution is 2.31. The Labute approximate surface area is 137 Å². The van der Waals surface area contributed by atoms with Gasteiger partial charge in [-0.05, 0) is 30.0 Å². The van der Waals surface area contributed by atoms with Crippen molar-refractivity contribution in [2.75, 3.05) is 23.3 Å². The SMILES string of the molecule is N#Cc1ccsc1NC(=O)C1CCN(c2ccccc2Cl)C1. The molecule has 0 bridgehead atoms. The summed E-state index contributed by atoms with van der Waals surface area (Å²) in [6, 6.07) is 11.5. The van der Waals surface area contributed by atoms with Crippen LogP contribution in [0, 0.1) is 17.2 Å². The second-order valence-corrected chi connectivity index (χ2v) is 6.47. The van der Waals surface area contributed by atoms with E-state index in [1.807, 2.05) is 24.3 Å². The first-order valence-electron chi connectivity index (χ1n) is 6.97. The van der Waals surface area contributed by atoms with E-state index in [4.69, 9.17) is 16.9 Å². The molecule has 2 heterocycles. The van der Waals surface area contributed by atoms with Crippen LogP contribution < -0.4 is 10.2 Å². The number of carbonyl (C=O) groups is 1. The zero-order chi connectivity index (χ0) is 15.5. The quantitative estimate of drug-likeness (QED) is 0.932. The van der Waals surface area contributed by atoms with E-state index in [0.29, 0.717) is 22.1 Å². The van der Waals surface area contributed by atoms with Gasteiger partial charge in [-0.25, -0.2) is 0 Å². The van der Waals surface area contributed by atoms with E-state index in [0.717, 1.165) is 18.7 Å². The highest BCUT2D eigenvalue weighted by atomic mass is 35.5. The predicted octanol–water partition coefficient (Wildman–Crippen LogP) is 3.74. The lowest BCUT2D eigenvalue weighted by molar-refractivity contribution is -0.119. The summed E-state index contributed by atoms with van der Waals surface area (Å²) in [6.45, 7) is 1.44. The monoisotopic (exact) mass is 331 g/mol. The van der Waals surface area contributed by atoms with Crippen LogP contribution in [-0.2, 0) is 4.79 Å². The third kappa shape index (κ3) is 2.94. The Morgan fingerprint density at radius 3 is 3.00 bits per heavy atom. The maximum Gasteiger partial charge on any atom is 0.229 e. The molecule has 22 heavy (non-hydrogen) atoms. The number of thiophene rings is 1. The van der Waals surface area contributed by atoms with Crippen molar-refractivity contribution in [3.63, 3.8) is 0 Å². The van der Waals surface area contributed by atoms with Crippen molar-refractivity contribution in [3.8, 4) is 6.07 Å². The average Bonchev–Trinajstić information content (AvgIpc) is 3.16. The Bertz CT molecular complexity index is 737. The van der Waals surface area contributed by atoms with Gasteiger partial charge < -0.3 is 10.2 Å². The maximum atomic E-state index is 12.4. The van der Waals surface area contributed by atoms with Crippen molar-refractivity contribution >= 4 is 39.5 Å². The molecule has 1 aromatic carbocycles. The number of amides is 1. The summed E-state index contributed by atoms with van der Waals surface area (Å²) in [5.74, 6) is -0.126. The number of nitriles is 1. The molecule has 1 N–H and O–H groups in total. The van der Waals surface area contributed by atoms with Gasteiger partial charge in [-0.1, -0.05) is 23.7 Å². The number of benzene rings is 1. The molecule has 1 aliphatic rings. The summed E-state index contributed by atoms with van der Waals surface area (Å²) in [5.41, 5.74) is 1.48. The Hall–Kier alpha value is -2.03. The van der Waals surface area contributed by atoms with Gasteiger partial charge in [0.05, 0.1) is 22.2 Å². The molecule has 0 saturated carbocycles. The normalized spacial score (nSPS) is 17.3. The Morgan fingerprint density at radius 2 is 2.23 bits per heavy atom. The van der Waals surface area contributed by atoms with Crippen LogP contribution in [0.5, 0.6) is 0 Å². The molecule has 1 saturated heterocycles. The smallest absolute Gasteiger partial charge is 0.229 e. The Kier molecular flexibility index (Phi) is 4.32. The number of nitrogens with zero attached hydrogens (tertiary/aromatic N) is 2. The van der Waals surface area contributed by atoms with Crippen molar-refractivity contribution in [2.24, 2.45) is 5.92 Å². The number of anilines is 2. The topological polar surface area (TPSA) is 56.1 Å². The average molecular weight is 332 g/mol. The molecule has 0 aliphatic carbocycles. The summed E-state index contributed by atoms with van der Waals surface area (Å²) in [5, 5.41) is 15.0. The molecule has 1 amide bonds. The molecule has 1 aromatic heterocycles. The molecule has 2 aromatic rings. The minimum atomic E-state index is -0.0927. The number of hydrogen-bond acceptors (Lipinski definition) is 4. The van der Waals surface area contributed by atoms with Crippen molar-refractivity contribution in [3.05, 3.63) is 46.3 Å². The largest absolute Gasteiger partial charge is 0.370 e. The first kappa shape index (κ1) is 14.9. The number of rotatable bonds is 3. The lowest BCUT2D eigenvalue weighted by atomic mass is 10.1. The highest BCUT2D eigenvalue weighted by Gasteiger charge is 2.29. The van der Waals surface area contributed by atoms with Gasteiger partial charge in [0.25, 0.3) is 0 Å². The minimum Gasteiger partial charge on any atom is -0.370 e. The van der Waals surface area contributed by atoms with Crippen LogP contribution in [0.1, 0.15) is 12.0 Å². The van der Waals surface area contributed by atoms with E-state index in [-0.39, 0.29) is 11.8 Å². The Morgan fingerprint density at radius 1 is 1.41 bits per heavy atom. The van der Waals surface area contributed by atoms with Crippen LogP contribution in [0.15, 0.2) is 35.7 Å². The number of para-hydroxylation sites is 1. The van der Waals surface area contributed by atoms with E-state index < -0.39 is 0 Å². The third-order valence-electron chi connectivity index (χ3n) is 3.77. The predicted molar refractivity (Wildman–Crippen MR) is 89.4 cm³/mol. The molecular weight excluding hydrogens is 318 g/mol. The zero-order valence-corrected chi connectivity index (χ0v) is 13.3. The summed E-state index contributed by atoms with van der Waals surface area (Å²) in [6.07, 6.45) is 0.782. The number of hydrogen-bond donors (Lipinski definition) is 1. The molecular formula is C16H14ClN3OS. The van der Waals surface area contributed by atoms with Crippen molar-refractivity contribution in [1.82, 2.24) is 0 Å². The van der Waals surface area contributed by atoms with Crippen molar-refractivity contribution < 1.29 is 4.79 Å². The molecule has 1 atom stereocenters. The van der Waals surface area contributed by atoms with Gasteiger partial charge in [-0.15, -0.1) is 11.3 Å². The molecule has 0 spiro atoms. The number of halogens is 1. The van der Waals surface area contributed by atoms with Crippen LogP contribution in [0.4, 0.5) is 10.7 Å². The third-order valence-corrected chi connectivity index (χ3v) is 4.92. The summed E-state index contributed by atoms with van der Waals surface area (Å²) in [7, 11) is 0. The lowest BCUT2D eigenvalue weighted by Crippen LogP contribution is -2.27. The molecule has 112 valence electrons.